The highest BCUT2D eigenvalue weighted by atomic mass is 16.5. The fraction of sp³-hybridized carbons (Fsp3) is 0.464. The summed E-state index contributed by atoms with van der Waals surface area (Å²) >= 11 is 0. The minimum Gasteiger partial charge on any atom is -0.481 e. The lowest BCUT2D eigenvalue weighted by atomic mass is 9.98. The fourth-order valence-corrected chi connectivity index (χ4v) is 4.56. The Labute approximate surface area is 207 Å². The lowest BCUT2D eigenvalue weighted by Crippen LogP contribution is -2.50. The first-order valence-electron chi connectivity index (χ1n) is 12.5. The lowest BCUT2D eigenvalue weighted by molar-refractivity contribution is -0.137. The maximum absolute atomic E-state index is 12.7. The monoisotopic (exact) mass is 480 g/mol. The number of nitrogens with one attached hydrogen (secondary N) is 2. The zero-order valence-electron chi connectivity index (χ0n) is 20.6. The number of fused-ring (bicyclic) bond motifs is 3. The first kappa shape index (κ1) is 26.3. The zero-order chi connectivity index (χ0) is 25.2. The van der Waals surface area contributed by atoms with Gasteiger partial charge in [-0.1, -0.05) is 81.6 Å². The highest BCUT2D eigenvalue weighted by molar-refractivity contribution is 5.86. The average Bonchev–Trinajstić information content (AvgIpc) is 3.16. The number of rotatable bonds is 13. The summed E-state index contributed by atoms with van der Waals surface area (Å²) in [5, 5.41) is 14.3. The van der Waals surface area contributed by atoms with Gasteiger partial charge in [-0.3, -0.25) is 9.59 Å². The van der Waals surface area contributed by atoms with Crippen LogP contribution in [0.5, 0.6) is 0 Å². The largest absolute Gasteiger partial charge is 0.481 e. The molecule has 1 atom stereocenters. The van der Waals surface area contributed by atoms with E-state index in [-0.39, 0.29) is 30.8 Å². The third-order valence-corrected chi connectivity index (χ3v) is 6.43. The molecule has 2 aromatic rings. The second-order valence-electron chi connectivity index (χ2n) is 9.39. The summed E-state index contributed by atoms with van der Waals surface area (Å²) in [4.78, 5) is 35.8. The molecular weight excluding hydrogens is 444 g/mol. The third kappa shape index (κ3) is 7.31. The van der Waals surface area contributed by atoms with Crippen molar-refractivity contribution in [2.45, 2.75) is 64.3 Å². The second kappa shape index (κ2) is 12.9. The first-order chi connectivity index (χ1) is 16.9. The molecule has 3 rings (SSSR count). The highest BCUT2D eigenvalue weighted by Crippen LogP contribution is 2.44. The Morgan fingerprint density at radius 1 is 0.886 bits per heavy atom. The van der Waals surface area contributed by atoms with Crippen LogP contribution in [0, 0.1) is 5.92 Å². The normalized spacial score (nSPS) is 13.1. The topological polar surface area (TPSA) is 105 Å². The molecule has 0 saturated carbocycles. The Bertz CT molecular complexity index is 974. The Morgan fingerprint density at radius 3 is 2.06 bits per heavy atom. The molecule has 0 spiro atoms. The molecule has 3 N–H and O–H groups in total. The van der Waals surface area contributed by atoms with E-state index in [0.717, 1.165) is 36.8 Å². The smallest absolute Gasteiger partial charge is 0.407 e. The molecule has 0 saturated heterocycles. The van der Waals surface area contributed by atoms with E-state index in [1.165, 1.54) is 11.1 Å². The van der Waals surface area contributed by atoms with Gasteiger partial charge >= 0.3 is 12.1 Å². The van der Waals surface area contributed by atoms with Crippen LogP contribution in [0.2, 0.25) is 0 Å². The number of amides is 2. The summed E-state index contributed by atoms with van der Waals surface area (Å²) in [5.41, 5.74) is 4.61. The van der Waals surface area contributed by atoms with E-state index in [1.54, 1.807) is 0 Å². The predicted octanol–water partition coefficient (Wildman–Crippen LogP) is 5.09. The van der Waals surface area contributed by atoms with Crippen molar-refractivity contribution in [1.82, 2.24) is 10.6 Å². The Morgan fingerprint density at radius 2 is 1.46 bits per heavy atom. The van der Waals surface area contributed by atoms with Crippen LogP contribution in [0.4, 0.5) is 4.79 Å². The van der Waals surface area contributed by atoms with Crippen molar-refractivity contribution in [1.29, 1.82) is 0 Å². The Hall–Kier alpha value is -3.35. The molecule has 2 aromatic carbocycles. The SMILES string of the molecule is CC(C)[C@H](NC(=O)OCC1c2ccccc2-c2ccccc21)C(=O)NCCCCCCCC(=O)O. The number of unbranched alkanes of at least 4 members (excludes halogenated alkanes) is 4. The zero-order valence-corrected chi connectivity index (χ0v) is 20.6. The van der Waals surface area contributed by atoms with Crippen LogP contribution in [-0.4, -0.2) is 42.3 Å². The summed E-state index contributed by atoms with van der Waals surface area (Å²) < 4.78 is 5.60. The van der Waals surface area contributed by atoms with Crippen LogP contribution in [0.25, 0.3) is 11.1 Å². The van der Waals surface area contributed by atoms with Crippen molar-refractivity contribution in [3.8, 4) is 11.1 Å². The fourth-order valence-electron chi connectivity index (χ4n) is 4.56. The van der Waals surface area contributed by atoms with Crippen LogP contribution in [0.3, 0.4) is 0 Å². The van der Waals surface area contributed by atoms with Gasteiger partial charge in [0.25, 0.3) is 0 Å². The number of ether oxygens (including phenoxy) is 1. The molecule has 0 fully saturated rings. The molecular formula is C28H36N2O5. The molecule has 7 nitrogen and oxygen atoms in total. The van der Waals surface area contributed by atoms with Gasteiger partial charge in [-0.25, -0.2) is 4.79 Å². The third-order valence-electron chi connectivity index (χ3n) is 6.43. The van der Waals surface area contributed by atoms with Crippen molar-refractivity contribution in [3.05, 3.63) is 59.7 Å². The number of benzene rings is 2. The van der Waals surface area contributed by atoms with E-state index in [0.29, 0.717) is 13.0 Å². The van der Waals surface area contributed by atoms with Gasteiger partial charge in [-0.15, -0.1) is 0 Å². The van der Waals surface area contributed by atoms with Gasteiger partial charge < -0.3 is 20.5 Å². The number of carboxylic acids is 1. The van der Waals surface area contributed by atoms with Crippen LogP contribution in [0.1, 0.15) is 69.4 Å². The van der Waals surface area contributed by atoms with Gasteiger partial charge in [-0.05, 0) is 41.0 Å². The summed E-state index contributed by atoms with van der Waals surface area (Å²) in [6.45, 7) is 4.49. The van der Waals surface area contributed by atoms with Crippen LogP contribution >= 0.6 is 0 Å². The van der Waals surface area contributed by atoms with Gasteiger partial charge in [0.2, 0.25) is 5.91 Å². The Kier molecular flexibility index (Phi) is 9.70. The molecule has 0 unspecified atom stereocenters. The number of aliphatic carboxylic acids is 1. The summed E-state index contributed by atoms with van der Waals surface area (Å²) in [7, 11) is 0. The molecule has 0 aliphatic heterocycles. The van der Waals surface area contributed by atoms with Crippen molar-refractivity contribution in [2.24, 2.45) is 5.92 Å². The standard InChI is InChI=1S/C28H36N2O5/c1-19(2)26(27(33)29-17-11-5-3-4-6-16-25(31)32)30-28(34)35-18-24-22-14-9-7-12-20(22)21-13-8-10-15-23(21)24/h7-10,12-15,19,24,26H,3-6,11,16-18H2,1-2H3,(H,29,33)(H,30,34)(H,31,32)/t26-/m0/s1. The van der Waals surface area contributed by atoms with E-state index >= 15 is 0 Å². The first-order valence-corrected chi connectivity index (χ1v) is 12.5. The molecule has 7 heteroatoms. The maximum atomic E-state index is 12.7. The van der Waals surface area contributed by atoms with E-state index in [2.05, 4.69) is 34.9 Å². The average molecular weight is 481 g/mol. The van der Waals surface area contributed by atoms with E-state index < -0.39 is 18.1 Å². The van der Waals surface area contributed by atoms with Crippen molar-refractivity contribution >= 4 is 18.0 Å². The van der Waals surface area contributed by atoms with E-state index in [1.807, 2.05) is 38.1 Å². The van der Waals surface area contributed by atoms with Crippen LogP contribution < -0.4 is 10.6 Å². The number of carbonyl (C=O) groups is 3. The van der Waals surface area contributed by atoms with E-state index in [4.69, 9.17) is 9.84 Å². The number of carbonyl (C=O) groups excluding carboxylic acids is 2. The number of hydrogen-bond donors (Lipinski definition) is 3. The predicted molar refractivity (Wildman–Crippen MR) is 135 cm³/mol. The molecule has 0 heterocycles. The van der Waals surface area contributed by atoms with Crippen molar-refractivity contribution in [2.75, 3.05) is 13.2 Å². The van der Waals surface area contributed by atoms with Gasteiger partial charge in [0.15, 0.2) is 0 Å². The van der Waals surface area contributed by atoms with Gasteiger partial charge in [0.1, 0.15) is 12.6 Å². The highest BCUT2D eigenvalue weighted by Gasteiger charge is 2.30. The molecule has 1 aliphatic carbocycles. The number of carboxylic acid groups (broad SMARTS) is 1. The molecule has 0 radical (unpaired) electrons. The number of alkyl carbamates (subject to hydrolysis) is 1. The summed E-state index contributed by atoms with van der Waals surface area (Å²) in [5.74, 6) is -1.11. The van der Waals surface area contributed by atoms with Crippen LogP contribution in [0.15, 0.2) is 48.5 Å². The van der Waals surface area contributed by atoms with Gasteiger partial charge in [-0.2, -0.15) is 0 Å². The second-order valence-corrected chi connectivity index (χ2v) is 9.39. The summed E-state index contributed by atoms with van der Waals surface area (Å²) in [6.07, 6.45) is 3.84. The molecule has 35 heavy (non-hydrogen) atoms. The molecule has 2 amide bonds. The maximum Gasteiger partial charge on any atom is 0.407 e. The molecule has 1 aliphatic rings. The quantitative estimate of drug-likeness (QED) is 0.346. The molecule has 188 valence electrons. The Balaban J connectivity index is 1.45. The van der Waals surface area contributed by atoms with Gasteiger partial charge in [0.05, 0.1) is 0 Å². The van der Waals surface area contributed by atoms with Crippen molar-refractivity contribution < 1.29 is 24.2 Å². The minimum absolute atomic E-state index is 0.0324. The molecule has 0 bridgehead atoms. The van der Waals surface area contributed by atoms with Crippen LogP contribution in [-0.2, 0) is 14.3 Å². The summed E-state index contributed by atoms with van der Waals surface area (Å²) in [6, 6.07) is 15.6. The van der Waals surface area contributed by atoms with E-state index in [9.17, 15) is 14.4 Å². The van der Waals surface area contributed by atoms with Crippen molar-refractivity contribution in [3.63, 3.8) is 0 Å². The minimum atomic E-state index is -0.763. The number of hydrogen-bond acceptors (Lipinski definition) is 4. The lowest BCUT2D eigenvalue weighted by Gasteiger charge is -2.22. The van der Waals surface area contributed by atoms with Gasteiger partial charge in [0, 0.05) is 18.9 Å². The molecule has 0 aromatic heterocycles.